The second kappa shape index (κ2) is 6.23. The van der Waals surface area contributed by atoms with E-state index in [0.717, 1.165) is 65.1 Å². The molecule has 3 aliphatic rings. The highest BCUT2D eigenvalue weighted by Gasteiger charge is 2.59. The number of hydrogen-bond donors (Lipinski definition) is 0. The molecule has 0 aromatic heterocycles. The molecule has 2 atom stereocenters. The number of piperidine rings is 1. The summed E-state index contributed by atoms with van der Waals surface area (Å²) < 4.78 is 10.5. The maximum absolute atomic E-state index is 11.6. The topological polar surface area (TPSA) is 42.0 Å². The van der Waals surface area contributed by atoms with Crippen molar-refractivity contribution >= 4 is 5.97 Å². The van der Waals surface area contributed by atoms with Gasteiger partial charge in [-0.2, -0.15) is 0 Å². The summed E-state index contributed by atoms with van der Waals surface area (Å²) in [6, 6.07) is 0. The van der Waals surface area contributed by atoms with Gasteiger partial charge in [0.1, 0.15) is 0 Å². The molecule has 0 N–H and O–H groups in total. The number of ether oxygens (including phenoxy) is 2. The van der Waals surface area contributed by atoms with Gasteiger partial charge in [-0.3, -0.25) is 9.69 Å². The number of likely N-dealkylation sites (tertiary alicyclic amines) is 1. The molecule has 5 heteroatoms. The van der Waals surface area contributed by atoms with Crippen molar-refractivity contribution in [1.82, 2.24) is 9.80 Å². The average Bonchev–Trinajstić information content (AvgIpc) is 3.20. The van der Waals surface area contributed by atoms with Crippen LogP contribution in [0, 0.1) is 11.3 Å². The van der Waals surface area contributed by atoms with Crippen molar-refractivity contribution in [2.24, 2.45) is 11.3 Å². The zero-order chi connectivity index (χ0) is 14.9. The molecule has 2 aliphatic heterocycles. The molecule has 0 radical (unpaired) electrons. The Labute approximate surface area is 127 Å². The number of morpholine rings is 1. The molecule has 2 saturated heterocycles. The van der Waals surface area contributed by atoms with Crippen LogP contribution in [0.4, 0.5) is 0 Å². The van der Waals surface area contributed by atoms with Gasteiger partial charge in [0, 0.05) is 26.2 Å². The molecule has 3 rings (SSSR count). The second-order valence-electron chi connectivity index (χ2n) is 6.97. The lowest BCUT2D eigenvalue weighted by molar-refractivity contribution is -0.143. The molecule has 0 aromatic rings. The number of hydrogen-bond acceptors (Lipinski definition) is 5. The van der Waals surface area contributed by atoms with Crippen LogP contribution in [0.25, 0.3) is 0 Å². The summed E-state index contributed by atoms with van der Waals surface area (Å²) in [6.07, 6.45) is 3.74. The first kappa shape index (κ1) is 15.3. The third-order valence-corrected chi connectivity index (χ3v) is 5.58. The molecule has 120 valence electrons. The van der Waals surface area contributed by atoms with E-state index in [1.54, 1.807) is 0 Å². The standard InChI is InChI=1S/C16H28N2O3/c1-13-12-18(9-10-21-13)8-7-17-5-3-16(4-6-17)11-14(16)15(19)20-2/h13-14H,3-12H2,1-2H3. The van der Waals surface area contributed by atoms with Crippen molar-refractivity contribution in [3.05, 3.63) is 0 Å². The van der Waals surface area contributed by atoms with Crippen molar-refractivity contribution in [3.63, 3.8) is 0 Å². The minimum Gasteiger partial charge on any atom is -0.469 e. The lowest BCUT2D eigenvalue weighted by atomic mass is 9.91. The van der Waals surface area contributed by atoms with E-state index >= 15 is 0 Å². The van der Waals surface area contributed by atoms with Gasteiger partial charge in [0.05, 0.1) is 25.7 Å². The Balaban J connectivity index is 1.38. The number of carbonyl (C=O) groups is 1. The third-order valence-electron chi connectivity index (χ3n) is 5.58. The van der Waals surface area contributed by atoms with E-state index in [9.17, 15) is 4.79 Å². The fourth-order valence-corrected chi connectivity index (χ4v) is 3.97. The van der Waals surface area contributed by atoms with Gasteiger partial charge in [-0.15, -0.1) is 0 Å². The number of nitrogens with zero attached hydrogens (tertiary/aromatic N) is 2. The van der Waals surface area contributed by atoms with Crippen LogP contribution < -0.4 is 0 Å². The van der Waals surface area contributed by atoms with Crippen LogP contribution in [0.2, 0.25) is 0 Å². The van der Waals surface area contributed by atoms with Crippen LogP contribution in [0.5, 0.6) is 0 Å². The zero-order valence-electron chi connectivity index (χ0n) is 13.3. The van der Waals surface area contributed by atoms with E-state index in [4.69, 9.17) is 9.47 Å². The summed E-state index contributed by atoms with van der Waals surface area (Å²) in [5.74, 6) is 0.190. The Morgan fingerprint density at radius 1 is 1.24 bits per heavy atom. The lowest BCUT2D eigenvalue weighted by Gasteiger charge is -2.36. The van der Waals surface area contributed by atoms with Crippen LogP contribution in [-0.2, 0) is 14.3 Å². The highest BCUT2D eigenvalue weighted by molar-refractivity contribution is 5.76. The Bertz CT molecular complexity index is 380. The Morgan fingerprint density at radius 3 is 2.62 bits per heavy atom. The summed E-state index contributed by atoms with van der Waals surface area (Å²) in [4.78, 5) is 16.7. The van der Waals surface area contributed by atoms with Gasteiger partial charge in [0.2, 0.25) is 0 Å². The van der Waals surface area contributed by atoms with Crippen LogP contribution in [-0.4, -0.2) is 74.9 Å². The van der Waals surface area contributed by atoms with Crippen LogP contribution >= 0.6 is 0 Å². The maximum atomic E-state index is 11.6. The minimum absolute atomic E-state index is 0.00533. The van der Waals surface area contributed by atoms with Crippen LogP contribution in [0.3, 0.4) is 0 Å². The van der Waals surface area contributed by atoms with Gasteiger partial charge < -0.3 is 14.4 Å². The van der Waals surface area contributed by atoms with E-state index in [2.05, 4.69) is 16.7 Å². The molecular formula is C16H28N2O3. The lowest BCUT2D eigenvalue weighted by Crippen LogP contribution is -2.46. The van der Waals surface area contributed by atoms with E-state index in [1.165, 1.54) is 7.11 Å². The molecule has 5 nitrogen and oxygen atoms in total. The number of rotatable bonds is 4. The van der Waals surface area contributed by atoms with E-state index < -0.39 is 0 Å². The number of esters is 1. The largest absolute Gasteiger partial charge is 0.469 e. The third kappa shape index (κ3) is 3.41. The van der Waals surface area contributed by atoms with Crippen molar-refractivity contribution in [1.29, 1.82) is 0 Å². The molecule has 3 fully saturated rings. The monoisotopic (exact) mass is 296 g/mol. The van der Waals surface area contributed by atoms with E-state index in [0.29, 0.717) is 6.10 Å². The molecule has 0 bridgehead atoms. The maximum Gasteiger partial charge on any atom is 0.309 e. The molecule has 1 aliphatic carbocycles. The second-order valence-corrected chi connectivity index (χ2v) is 6.97. The Kier molecular flexibility index (Phi) is 4.52. The van der Waals surface area contributed by atoms with E-state index in [-0.39, 0.29) is 17.3 Å². The average molecular weight is 296 g/mol. The minimum atomic E-state index is 0.00533. The van der Waals surface area contributed by atoms with Crippen LogP contribution in [0.15, 0.2) is 0 Å². The van der Waals surface area contributed by atoms with Gasteiger partial charge in [-0.1, -0.05) is 0 Å². The normalized spacial score (nSPS) is 33.0. The predicted octanol–water partition coefficient (Wildman–Crippen LogP) is 0.982. The number of carbonyl (C=O) groups excluding carboxylic acids is 1. The molecule has 1 saturated carbocycles. The summed E-state index contributed by atoms with van der Waals surface area (Å²) in [6.45, 7) is 9.68. The summed E-state index contributed by atoms with van der Waals surface area (Å²) in [5, 5.41) is 0. The molecule has 0 amide bonds. The first-order valence-electron chi connectivity index (χ1n) is 8.27. The first-order chi connectivity index (χ1) is 10.1. The summed E-state index contributed by atoms with van der Waals surface area (Å²) in [7, 11) is 1.51. The van der Waals surface area contributed by atoms with Gasteiger partial charge in [0.15, 0.2) is 0 Å². The van der Waals surface area contributed by atoms with Crippen molar-refractivity contribution < 1.29 is 14.3 Å². The summed E-state index contributed by atoms with van der Waals surface area (Å²) in [5.41, 5.74) is 0.289. The van der Waals surface area contributed by atoms with Gasteiger partial charge >= 0.3 is 5.97 Å². The molecule has 21 heavy (non-hydrogen) atoms. The highest BCUT2D eigenvalue weighted by atomic mass is 16.5. The SMILES string of the molecule is COC(=O)C1CC12CCN(CCN1CCOC(C)C1)CC2. The van der Waals surface area contributed by atoms with Crippen molar-refractivity contribution in [2.75, 3.05) is 53.0 Å². The van der Waals surface area contributed by atoms with Crippen molar-refractivity contribution in [2.45, 2.75) is 32.3 Å². The smallest absolute Gasteiger partial charge is 0.309 e. The van der Waals surface area contributed by atoms with Gasteiger partial charge in [0.25, 0.3) is 0 Å². The Morgan fingerprint density at radius 2 is 1.95 bits per heavy atom. The fraction of sp³-hybridized carbons (Fsp3) is 0.938. The van der Waals surface area contributed by atoms with E-state index in [1.807, 2.05) is 0 Å². The first-order valence-corrected chi connectivity index (χ1v) is 8.27. The molecular weight excluding hydrogens is 268 g/mol. The molecule has 2 unspecified atom stereocenters. The molecule has 0 aromatic carbocycles. The summed E-state index contributed by atoms with van der Waals surface area (Å²) >= 11 is 0. The van der Waals surface area contributed by atoms with Gasteiger partial charge in [-0.25, -0.2) is 0 Å². The molecule has 1 spiro atoms. The highest BCUT2D eigenvalue weighted by Crippen LogP contribution is 2.59. The number of methoxy groups -OCH3 is 1. The van der Waals surface area contributed by atoms with Crippen LogP contribution in [0.1, 0.15) is 26.2 Å². The van der Waals surface area contributed by atoms with Crippen molar-refractivity contribution in [3.8, 4) is 0 Å². The quantitative estimate of drug-likeness (QED) is 0.724. The molecule has 2 heterocycles. The fourth-order valence-electron chi connectivity index (χ4n) is 3.97. The van der Waals surface area contributed by atoms with Gasteiger partial charge in [-0.05, 0) is 44.7 Å². The predicted molar refractivity (Wildman–Crippen MR) is 80.1 cm³/mol. The zero-order valence-corrected chi connectivity index (χ0v) is 13.3. The Hall–Kier alpha value is -0.650.